The van der Waals surface area contributed by atoms with Crippen LogP contribution in [-0.4, -0.2) is 26.6 Å². The molecule has 0 spiro atoms. The van der Waals surface area contributed by atoms with Crippen LogP contribution in [0.5, 0.6) is 0 Å². The van der Waals surface area contributed by atoms with Gasteiger partial charge in [-0.3, -0.25) is 9.59 Å². The molecular weight excluding hydrogens is 165 g/mol. The fourth-order valence-corrected chi connectivity index (χ4v) is 0.950. The zero-order chi connectivity index (χ0) is 9.84. The maximum atomic E-state index is 11.3. The number of ketones is 1. The highest BCUT2D eigenvalue weighted by Crippen LogP contribution is 1.97. The fourth-order valence-electron chi connectivity index (χ4n) is 0.950. The van der Waals surface area contributed by atoms with E-state index in [0.29, 0.717) is 5.56 Å². The molecule has 0 saturated carbocycles. The monoisotopic (exact) mass is 175 g/mol. The van der Waals surface area contributed by atoms with E-state index in [4.69, 9.17) is 0 Å². The Labute approximate surface area is 77.6 Å². The first kappa shape index (κ1) is 9.51. The van der Waals surface area contributed by atoms with Gasteiger partial charge < -0.3 is 5.32 Å². The number of Topliss-reactive ketones (excluding diaryl/α,β-unsaturated/α-hetero) is 1. The van der Waals surface area contributed by atoms with Crippen molar-refractivity contribution >= 4 is 25.0 Å². The Hall–Kier alpha value is -1.58. The number of likely N-dealkylation sites (N-methyl/N-ethyl adjacent to an activating group) is 1. The van der Waals surface area contributed by atoms with Crippen LogP contribution in [0.4, 0.5) is 0 Å². The van der Waals surface area contributed by atoms with Gasteiger partial charge in [0, 0.05) is 12.6 Å². The van der Waals surface area contributed by atoms with Crippen LogP contribution in [0.25, 0.3) is 0 Å². The van der Waals surface area contributed by atoms with Crippen LogP contribution in [0.15, 0.2) is 24.3 Å². The second-order valence-electron chi connectivity index (χ2n) is 2.77. The minimum absolute atomic E-state index is 0.421. The topological polar surface area (TPSA) is 46.2 Å². The molecule has 0 saturated heterocycles. The predicted molar refractivity (Wildman–Crippen MR) is 53.0 cm³/mol. The summed E-state index contributed by atoms with van der Waals surface area (Å²) >= 11 is 0. The van der Waals surface area contributed by atoms with E-state index in [0.717, 1.165) is 5.46 Å². The summed E-state index contributed by atoms with van der Waals surface area (Å²) in [5.74, 6) is -1.08. The Kier molecular flexibility index (Phi) is 2.85. The number of hydrogen-bond donors (Lipinski definition) is 1. The van der Waals surface area contributed by atoms with Crippen molar-refractivity contribution in [2.75, 3.05) is 7.05 Å². The van der Waals surface area contributed by atoms with Gasteiger partial charge in [-0.2, -0.15) is 0 Å². The normalized spacial score (nSPS) is 9.31. The first-order valence-corrected chi connectivity index (χ1v) is 3.98. The Bertz CT molecular complexity index is 332. The summed E-state index contributed by atoms with van der Waals surface area (Å²) in [6.45, 7) is 0. The zero-order valence-electron chi connectivity index (χ0n) is 7.63. The van der Waals surface area contributed by atoms with Crippen LogP contribution in [-0.2, 0) is 4.79 Å². The van der Waals surface area contributed by atoms with E-state index in [1.54, 1.807) is 24.3 Å². The van der Waals surface area contributed by atoms with Crippen LogP contribution >= 0.6 is 0 Å². The van der Waals surface area contributed by atoms with Crippen LogP contribution in [0, 0.1) is 0 Å². The Morgan fingerprint density at radius 3 is 2.23 bits per heavy atom. The van der Waals surface area contributed by atoms with Gasteiger partial charge in [-0.15, -0.1) is 0 Å². The molecular formula is C9H10BNO2. The van der Waals surface area contributed by atoms with Gasteiger partial charge in [0.2, 0.25) is 5.78 Å². The molecule has 0 aromatic heterocycles. The van der Waals surface area contributed by atoms with Crippen LogP contribution in [0.3, 0.4) is 0 Å². The summed E-state index contributed by atoms with van der Waals surface area (Å²) in [6.07, 6.45) is 0. The van der Waals surface area contributed by atoms with Crippen molar-refractivity contribution in [3.8, 4) is 0 Å². The van der Waals surface area contributed by atoms with E-state index >= 15 is 0 Å². The molecule has 1 rings (SSSR count). The van der Waals surface area contributed by atoms with Crippen molar-refractivity contribution in [1.29, 1.82) is 0 Å². The van der Waals surface area contributed by atoms with Crippen molar-refractivity contribution in [2.45, 2.75) is 0 Å². The summed E-state index contributed by atoms with van der Waals surface area (Å²) < 4.78 is 0. The quantitative estimate of drug-likeness (QED) is 0.351. The molecule has 1 amide bonds. The lowest BCUT2D eigenvalue weighted by atomic mass is 9.94. The molecule has 0 bridgehead atoms. The van der Waals surface area contributed by atoms with Gasteiger partial charge in [0.25, 0.3) is 5.91 Å². The molecule has 0 radical (unpaired) electrons. The number of hydrogen-bond acceptors (Lipinski definition) is 2. The summed E-state index contributed by atoms with van der Waals surface area (Å²) in [5.41, 5.74) is 1.48. The van der Waals surface area contributed by atoms with E-state index in [1.165, 1.54) is 7.05 Å². The largest absolute Gasteiger partial charge is 0.352 e. The Morgan fingerprint density at radius 1 is 1.23 bits per heavy atom. The summed E-state index contributed by atoms with van der Waals surface area (Å²) in [4.78, 5) is 22.2. The summed E-state index contributed by atoms with van der Waals surface area (Å²) in [6, 6.07) is 6.90. The smallest absolute Gasteiger partial charge is 0.292 e. The van der Waals surface area contributed by atoms with Crippen LogP contribution in [0.1, 0.15) is 10.4 Å². The van der Waals surface area contributed by atoms with Gasteiger partial charge >= 0.3 is 0 Å². The summed E-state index contributed by atoms with van der Waals surface area (Å²) in [5, 5.41) is 2.29. The number of benzene rings is 1. The average Bonchev–Trinajstić information content (AvgIpc) is 2.17. The van der Waals surface area contributed by atoms with Crippen LogP contribution in [0.2, 0.25) is 0 Å². The molecule has 1 N–H and O–H groups in total. The molecule has 3 nitrogen and oxygen atoms in total. The third-order valence-electron chi connectivity index (χ3n) is 1.75. The highest BCUT2D eigenvalue weighted by Gasteiger charge is 2.12. The molecule has 66 valence electrons. The third kappa shape index (κ3) is 2.18. The molecule has 1 aromatic carbocycles. The standard InChI is InChI=1S/C9H10BNO2/c1-11-9(13)8(12)6-2-4-7(10)5-3-6/h2-5H,10H2,1H3,(H,11,13). The van der Waals surface area contributed by atoms with Crippen LogP contribution < -0.4 is 10.8 Å². The van der Waals surface area contributed by atoms with Gasteiger partial charge in [0.15, 0.2) is 0 Å². The average molecular weight is 175 g/mol. The number of carbonyl (C=O) groups is 2. The maximum absolute atomic E-state index is 11.3. The van der Waals surface area contributed by atoms with Crippen molar-refractivity contribution in [3.63, 3.8) is 0 Å². The second-order valence-corrected chi connectivity index (χ2v) is 2.77. The second kappa shape index (κ2) is 3.89. The minimum atomic E-state index is -0.580. The Balaban J connectivity index is 2.90. The van der Waals surface area contributed by atoms with E-state index in [-0.39, 0.29) is 0 Å². The molecule has 4 heteroatoms. The molecule has 0 aliphatic rings. The van der Waals surface area contributed by atoms with Crippen molar-refractivity contribution in [3.05, 3.63) is 29.8 Å². The van der Waals surface area contributed by atoms with E-state index in [1.807, 2.05) is 7.85 Å². The molecule has 0 heterocycles. The van der Waals surface area contributed by atoms with E-state index < -0.39 is 11.7 Å². The lowest BCUT2D eigenvalue weighted by molar-refractivity contribution is -0.116. The predicted octanol–water partition coefficient (Wildman–Crippen LogP) is -1.13. The number of carbonyl (C=O) groups excluding carboxylic acids is 2. The summed E-state index contributed by atoms with van der Waals surface area (Å²) in [7, 11) is 3.36. The first-order chi connectivity index (χ1) is 6.15. The van der Waals surface area contributed by atoms with Crippen molar-refractivity contribution < 1.29 is 9.59 Å². The molecule has 0 aliphatic heterocycles. The lowest BCUT2D eigenvalue weighted by Crippen LogP contribution is -2.27. The number of rotatable bonds is 2. The Morgan fingerprint density at radius 2 is 1.77 bits per heavy atom. The molecule has 0 aliphatic carbocycles. The van der Waals surface area contributed by atoms with Gasteiger partial charge in [0.1, 0.15) is 7.85 Å². The van der Waals surface area contributed by atoms with Gasteiger partial charge in [-0.25, -0.2) is 0 Å². The zero-order valence-corrected chi connectivity index (χ0v) is 7.63. The fraction of sp³-hybridized carbons (Fsp3) is 0.111. The molecule has 13 heavy (non-hydrogen) atoms. The van der Waals surface area contributed by atoms with Gasteiger partial charge in [-0.05, 0) is 0 Å². The van der Waals surface area contributed by atoms with Crippen molar-refractivity contribution in [2.24, 2.45) is 0 Å². The number of nitrogens with one attached hydrogen (secondary N) is 1. The molecule has 1 aromatic rings. The lowest BCUT2D eigenvalue weighted by Gasteiger charge is -1.99. The third-order valence-corrected chi connectivity index (χ3v) is 1.75. The first-order valence-electron chi connectivity index (χ1n) is 3.98. The molecule has 0 fully saturated rings. The van der Waals surface area contributed by atoms with Gasteiger partial charge in [0.05, 0.1) is 0 Å². The SMILES string of the molecule is Bc1ccc(C(=O)C(=O)NC)cc1. The highest BCUT2D eigenvalue weighted by molar-refractivity contribution is 6.43. The van der Waals surface area contributed by atoms with Gasteiger partial charge in [-0.1, -0.05) is 29.7 Å². The highest BCUT2D eigenvalue weighted by atomic mass is 16.2. The molecule has 0 atom stereocenters. The molecule has 0 unspecified atom stereocenters. The van der Waals surface area contributed by atoms with E-state index in [2.05, 4.69) is 5.32 Å². The number of amides is 1. The minimum Gasteiger partial charge on any atom is -0.352 e. The van der Waals surface area contributed by atoms with E-state index in [9.17, 15) is 9.59 Å². The maximum Gasteiger partial charge on any atom is 0.292 e. The van der Waals surface area contributed by atoms with Crippen molar-refractivity contribution in [1.82, 2.24) is 5.32 Å².